The van der Waals surface area contributed by atoms with Crippen molar-refractivity contribution >= 4 is 5.91 Å². The smallest absolute Gasteiger partial charge is 0.221 e. The van der Waals surface area contributed by atoms with Crippen LogP contribution < -0.4 is 16.4 Å². The summed E-state index contributed by atoms with van der Waals surface area (Å²) in [6.45, 7) is 3.43. The van der Waals surface area contributed by atoms with Crippen LogP contribution in [0.4, 0.5) is 0 Å². The number of carbonyl (C=O) groups excluding carboxylic acids is 1. The number of nitrogens with two attached hydrogens (primary N) is 1. The molecule has 1 fully saturated rings. The Labute approximate surface area is 122 Å². The van der Waals surface area contributed by atoms with Gasteiger partial charge in [0.25, 0.3) is 0 Å². The number of rotatable bonds is 10. The summed E-state index contributed by atoms with van der Waals surface area (Å²) in [7, 11) is 0. The van der Waals surface area contributed by atoms with Crippen molar-refractivity contribution in [3.63, 3.8) is 0 Å². The number of nitrogens with one attached hydrogen (secondary N) is 2. The molecule has 2 atom stereocenters. The zero-order valence-corrected chi connectivity index (χ0v) is 12.6. The fourth-order valence-electron chi connectivity index (χ4n) is 2.86. The molecule has 1 aliphatic rings. The van der Waals surface area contributed by atoms with Crippen LogP contribution in [-0.4, -0.2) is 43.8 Å². The van der Waals surface area contributed by atoms with E-state index in [1.807, 2.05) is 0 Å². The lowest BCUT2D eigenvalue weighted by Gasteiger charge is -2.28. The van der Waals surface area contributed by atoms with E-state index in [-0.39, 0.29) is 12.5 Å². The average molecular weight is 285 g/mol. The molecule has 1 aliphatic carbocycles. The minimum Gasteiger partial charge on any atom is -0.396 e. The Morgan fingerprint density at radius 3 is 2.75 bits per heavy atom. The van der Waals surface area contributed by atoms with Crippen LogP contribution >= 0.6 is 0 Å². The van der Waals surface area contributed by atoms with Gasteiger partial charge in [0, 0.05) is 26.1 Å². The number of aliphatic hydroxyl groups is 1. The molecule has 2 unspecified atom stereocenters. The lowest BCUT2D eigenvalue weighted by molar-refractivity contribution is -0.121. The van der Waals surface area contributed by atoms with Gasteiger partial charge in [-0.3, -0.25) is 4.79 Å². The molecule has 0 aromatic carbocycles. The van der Waals surface area contributed by atoms with Crippen LogP contribution in [0.25, 0.3) is 0 Å². The van der Waals surface area contributed by atoms with Gasteiger partial charge in [-0.1, -0.05) is 6.42 Å². The van der Waals surface area contributed by atoms with Crippen LogP contribution in [0.5, 0.6) is 0 Å². The van der Waals surface area contributed by atoms with E-state index in [0.717, 1.165) is 38.4 Å². The van der Waals surface area contributed by atoms with Gasteiger partial charge in [0.2, 0.25) is 5.91 Å². The van der Waals surface area contributed by atoms with E-state index in [4.69, 9.17) is 10.8 Å². The first kappa shape index (κ1) is 17.4. The van der Waals surface area contributed by atoms with Gasteiger partial charge in [0.1, 0.15) is 0 Å². The number of hydrogen-bond donors (Lipinski definition) is 4. The van der Waals surface area contributed by atoms with E-state index in [9.17, 15) is 4.79 Å². The van der Waals surface area contributed by atoms with E-state index >= 15 is 0 Å². The molecular weight excluding hydrogens is 254 g/mol. The molecule has 5 heteroatoms. The van der Waals surface area contributed by atoms with Crippen LogP contribution in [0.2, 0.25) is 0 Å². The summed E-state index contributed by atoms with van der Waals surface area (Å²) in [4.78, 5) is 11.5. The molecular formula is C15H31N3O2. The third-order valence-electron chi connectivity index (χ3n) is 4.09. The molecule has 1 saturated carbocycles. The van der Waals surface area contributed by atoms with Crippen LogP contribution in [0, 0.1) is 11.8 Å². The van der Waals surface area contributed by atoms with E-state index in [1.165, 1.54) is 25.7 Å². The third kappa shape index (κ3) is 7.82. The van der Waals surface area contributed by atoms with E-state index in [0.29, 0.717) is 18.9 Å². The van der Waals surface area contributed by atoms with E-state index < -0.39 is 0 Å². The summed E-state index contributed by atoms with van der Waals surface area (Å²) in [5.41, 5.74) is 5.74. The van der Waals surface area contributed by atoms with Gasteiger partial charge in [0.05, 0.1) is 0 Å². The summed E-state index contributed by atoms with van der Waals surface area (Å²) >= 11 is 0. The Bertz CT molecular complexity index is 262. The second kappa shape index (κ2) is 11.1. The number of unbranched alkanes of at least 4 members (excludes halogenated alkanes) is 1. The molecule has 118 valence electrons. The van der Waals surface area contributed by atoms with Crippen molar-refractivity contribution in [3.05, 3.63) is 0 Å². The highest BCUT2D eigenvalue weighted by Crippen LogP contribution is 2.27. The Morgan fingerprint density at radius 2 is 2.00 bits per heavy atom. The maximum atomic E-state index is 11.5. The normalized spacial score (nSPS) is 22.7. The zero-order valence-electron chi connectivity index (χ0n) is 12.6. The van der Waals surface area contributed by atoms with E-state index in [1.54, 1.807) is 0 Å². The molecule has 0 spiro atoms. The van der Waals surface area contributed by atoms with Gasteiger partial charge in [-0.2, -0.15) is 0 Å². The Kier molecular flexibility index (Phi) is 9.62. The lowest BCUT2D eigenvalue weighted by atomic mass is 9.81. The number of hydrogen-bond acceptors (Lipinski definition) is 4. The molecule has 0 aliphatic heterocycles. The topological polar surface area (TPSA) is 87.4 Å². The number of amides is 1. The molecule has 0 heterocycles. The minimum absolute atomic E-state index is 0.0962. The quantitative estimate of drug-likeness (QED) is 0.443. The molecule has 5 nitrogen and oxygen atoms in total. The van der Waals surface area contributed by atoms with Crippen LogP contribution in [0.1, 0.15) is 44.9 Å². The molecule has 1 rings (SSSR count). The highest BCUT2D eigenvalue weighted by molar-refractivity contribution is 5.75. The summed E-state index contributed by atoms with van der Waals surface area (Å²) in [6.07, 6.45) is 7.23. The predicted molar refractivity (Wildman–Crippen MR) is 81.3 cm³/mol. The van der Waals surface area contributed by atoms with Gasteiger partial charge in [-0.05, 0) is 57.0 Å². The lowest BCUT2D eigenvalue weighted by Crippen LogP contribution is -2.33. The van der Waals surface area contributed by atoms with Crippen molar-refractivity contribution in [2.24, 2.45) is 17.6 Å². The van der Waals surface area contributed by atoms with Gasteiger partial charge >= 0.3 is 0 Å². The van der Waals surface area contributed by atoms with Crippen molar-refractivity contribution in [2.75, 3.05) is 32.8 Å². The van der Waals surface area contributed by atoms with E-state index in [2.05, 4.69) is 10.6 Å². The minimum atomic E-state index is 0.0962. The first-order valence-electron chi connectivity index (χ1n) is 8.04. The molecule has 0 bridgehead atoms. The van der Waals surface area contributed by atoms with Crippen LogP contribution in [0.15, 0.2) is 0 Å². The molecule has 0 radical (unpaired) electrons. The van der Waals surface area contributed by atoms with Gasteiger partial charge in [0.15, 0.2) is 0 Å². The Morgan fingerprint density at radius 1 is 1.20 bits per heavy atom. The number of aliphatic hydroxyl groups excluding tert-OH is 1. The largest absolute Gasteiger partial charge is 0.396 e. The average Bonchev–Trinajstić information content (AvgIpc) is 2.48. The fraction of sp³-hybridized carbons (Fsp3) is 0.933. The van der Waals surface area contributed by atoms with Crippen molar-refractivity contribution in [3.8, 4) is 0 Å². The third-order valence-corrected chi connectivity index (χ3v) is 4.09. The number of carbonyl (C=O) groups is 1. The van der Waals surface area contributed by atoms with Crippen LogP contribution in [-0.2, 0) is 4.79 Å². The maximum Gasteiger partial charge on any atom is 0.221 e. The van der Waals surface area contributed by atoms with Crippen molar-refractivity contribution in [1.82, 2.24) is 10.6 Å². The summed E-state index contributed by atoms with van der Waals surface area (Å²) < 4.78 is 0. The standard InChI is InChI=1S/C15H31N3O2/c16-11-13-4-3-5-14(10-13)12-17-8-6-15(20)18-7-1-2-9-19/h13-14,17,19H,1-12,16H2,(H,18,20). The highest BCUT2D eigenvalue weighted by atomic mass is 16.2. The first-order valence-corrected chi connectivity index (χ1v) is 8.04. The molecule has 0 aromatic heterocycles. The van der Waals surface area contributed by atoms with Gasteiger partial charge < -0.3 is 21.5 Å². The monoisotopic (exact) mass is 285 g/mol. The van der Waals surface area contributed by atoms with Crippen molar-refractivity contribution < 1.29 is 9.90 Å². The van der Waals surface area contributed by atoms with Gasteiger partial charge in [-0.25, -0.2) is 0 Å². The Hall–Kier alpha value is -0.650. The second-order valence-electron chi connectivity index (χ2n) is 5.87. The van der Waals surface area contributed by atoms with Crippen LogP contribution in [0.3, 0.4) is 0 Å². The fourth-order valence-corrected chi connectivity index (χ4v) is 2.86. The SMILES string of the molecule is NCC1CCCC(CNCCC(=O)NCCCCO)C1. The summed E-state index contributed by atoms with van der Waals surface area (Å²) in [5, 5.41) is 14.9. The zero-order chi connectivity index (χ0) is 14.6. The molecule has 0 saturated heterocycles. The molecule has 5 N–H and O–H groups in total. The first-order chi connectivity index (χ1) is 9.76. The van der Waals surface area contributed by atoms with Crippen molar-refractivity contribution in [2.45, 2.75) is 44.9 Å². The van der Waals surface area contributed by atoms with Crippen molar-refractivity contribution in [1.29, 1.82) is 0 Å². The highest BCUT2D eigenvalue weighted by Gasteiger charge is 2.20. The summed E-state index contributed by atoms with van der Waals surface area (Å²) in [5.74, 6) is 1.52. The predicted octanol–water partition coefficient (Wildman–Crippen LogP) is 0.620. The molecule has 1 amide bonds. The second-order valence-corrected chi connectivity index (χ2v) is 5.87. The Balaban J connectivity index is 1.96. The summed E-state index contributed by atoms with van der Waals surface area (Å²) in [6, 6.07) is 0. The van der Waals surface area contributed by atoms with Gasteiger partial charge in [-0.15, -0.1) is 0 Å². The molecule has 0 aromatic rings. The maximum absolute atomic E-state index is 11.5. The molecule has 20 heavy (non-hydrogen) atoms.